The lowest BCUT2D eigenvalue weighted by atomic mass is 10.0. The van der Waals surface area contributed by atoms with Crippen LogP contribution in [0, 0.1) is 5.92 Å². The molecule has 0 heterocycles. The number of amides is 1. The third-order valence-corrected chi connectivity index (χ3v) is 2.82. The smallest absolute Gasteiger partial charge is 0.387 e. The molecule has 1 unspecified atom stereocenters. The molecule has 0 saturated heterocycles. The first-order valence-electron chi connectivity index (χ1n) is 6.77. The summed E-state index contributed by atoms with van der Waals surface area (Å²) < 4.78 is 33.2. The number of nitrogens with one attached hydrogen (secondary N) is 1. The topological polar surface area (TPSA) is 64.6 Å². The van der Waals surface area contributed by atoms with Gasteiger partial charge in [0.1, 0.15) is 11.8 Å². The molecule has 22 heavy (non-hydrogen) atoms. The third kappa shape index (κ3) is 5.67. The highest BCUT2D eigenvalue weighted by Crippen LogP contribution is 2.16. The second-order valence-corrected chi connectivity index (χ2v) is 5.09. The summed E-state index contributed by atoms with van der Waals surface area (Å²) in [5.41, 5.74) is 0.121. The molecule has 1 rings (SSSR count). The number of hydrogen-bond acceptors (Lipinski definition) is 4. The van der Waals surface area contributed by atoms with Gasteiger partial charge in [-0.25, -0.2) is 4.79 Å². The molecular formula is C15H19F2NO4. The fourth-order valence-corrected chi connectivity index (χ4v) is 1.88. The van der Waals surface area contributed by atoms with E-state index >= 15 is 0 Å². The van der Waals surface area contributed by atoms with Gasteiger partial charge >= 0.3 is 12.6 Å². The van der Waals surface area contributed by atoms with Crippen molar-refractivity contribution >= 4 is 11.9 Å². The predicted molar refractivity (Wildman–Crippen MR) is 75.8 cm³/mol. The Morgan fingerprint density at radius 1 is 1.27 bits per heavy atom. The summed E-state index contributed by atoms with van der Waals surface area (Å²) in [5, 5.41) is 2.54. The molecule has 0 saturated carbocycles. The maximum absolute atomic E-state index is 12.2. The van der Waals surface area contributed by atoms with Crippen molar-refractivity contribution in [3.8, 4) is 5.75 Å². The molecule has 5 nitrogen and oxygen atoms in total. The molecule has 0 aromatic heterocycles. The van der Waals surface area contributed by atoms with Crippen molar-refractivity contribution in [3.63, 3.8) is 0 Å². The second-order valence-electron chi connectivity index (χ2n) is 5.09. The van der Waals surface area contributed by atoms with Crippen molar-refractivity contribution in [2.45, 2.75) is 32.9 Å². The van der Waals surface area contributed by atoms with Gasteiger partial charge in [0.05, 0.1) is 7.11 Å². The third-order valence-electron chi connectivity index (χ3n) is 2.82. The van der Waals surface area contributed by atoms with E-state index in [2.05, 4.69) is 14.8 Å². The SMILES string of the molecule is COC(=O)C(CC(C)C)NC(=O)c1cccc(OC(F)F)c1. The number of hydrogen-bond donors (Lipinski definition) is 1. The van der Waals surface area contributed by atoms with Crippen LogP contribution in [0.4, 0.5) is 8.78 Å². The molecule has 0 bridgehead atoms. The zero-order valence-corrected chi connectivity index (χ0v) is 12.6. The molecule has 0 spiro atoms. The van der Waals surface area contributed by atoms with Crippen molar-refractivity contribution in [3.05, 3.63) is 29.8 Å². The van der Waals surface area contributed by atoms with Crippen molar-refractivity contribution in [1.29, 1.82) is 0 Å². The molecule has 7 heteroatoms. The van der Waals surface area contributed by atoms with Crippen LogP contribution in [-0.2, 0) is 9.53 Å². The average Bonchev–Trinajstić information content (AvgIpc) is 2.44. The van der Waals surface area contributed by atoms with Crippen LogP contribution in [0.1, 0.15) is 30.6 Å². The molecule has 0 aliphatic carbocycles. The van der Waals surface area contributed by atoms with Gasteiger partial charge in [0, 0.05) is 5.56 Å². The van der Waals surface area contributed by atoms with E-state index in [0.717, 1.165) is 0 Å². The van der Waals surface area contributed by atoms with Crippen LogP contribution in [-0.4, -0.2) is 31.6 Å². The summed E-state index contributed by atoms with van der Waals surface area (Å²) in [6, 6.07) is 4.57. The van der Waals surface area contributed by atoms with Crippen molar-refractivity contribution in [2.75, 3.05) is 7.11 Å². The number of carbonyl (C=O) groups is 2. The van der Waals surface area contributed by atoms with Crippen molar-refractivity contribution < 1.29 is 27.8 Å². The van der Waals surface area contributed by atoms with E-state index in [9.17, 15) is 18.4 Å². The summed E-state index contributed by atoms with van der Waals surface area (Å²) in [6.45, 7) is 0.834. The summed E-state index contributed by atoms with van der Waals surface area (Å²) >= 11 is 0. The highest BCUT2D eigenvalue weighted by atomic mass is 19.3. The van der Waals surface area contributed by atoms with E-state index in [1.54, 1.807) is 0 Å². The van der Waals surface area contributed by atoms with Gasteiger partial charge in [0.15, 0.2) is 0 Å². The number of benzene rings is 1. The lowest BCUT2D eigenvalue weighted by Gasteiger charge is -2.18. The largest absolute Gasteiger partial charge is 0.467 e. The summed E-state index contributed by atoms with van der Waals surface area (Å²) in [6.07, 6.45) is 0.408. The number of esters is 1. The first kappa shape index (κ1) is 17.9. The van der Waals surface area contributed by atoms with Crippen LogP contribution in [0.25, 0.3) is 0 Å². The highest BCUT2D eigenvalue weighted by molar-refractivity contribution is 5.97. The van der Waals surface area contributed by atoms with Gasteiger partial charge in [-0.1, -0.05) is 19.9 Å². The second kappa shape index (κ2) is 8.31. The van der Waals surface area contributed by atoms with E-state index in [1.165, 1.54) is 31.4 Å². The van der Waals surface area contributed by atoms with Gasteiger partial charge in [0.25, 0.3) is 5.91 Å². The van der Waals surface area contributed by atoms with Crippen LogP contribution >= 0.6 is 0 Å². The van der Waals surface area contributed by atoms with Gasteiger partial charge in [-0.2, -0.15) is 8.78 Å². The average molecular weight is 315 g/mol. The molecule has 0 aliphatic rings. The van der Waals surface area contributed by atoms with Crippen LogP contribution in [0.15, 0.2) is 24.3 Å². The van der Waals surface area contributed by atoms with Crippen molar-refractivity contribution in [2.24, 2.45) is 5.92 Å². The number of alkyl halides is 2. The minimum atomic E-state index is -2.97. The van der Waals surface area contributed by atoms with E-state index in [-0.39, 0.29) is 17.2 Å². The summed E-state index contributed by atoms with van der Waals surface area (Å²) in [4.78, 5) is 23.8. The van der Waals surface area contributed by atoms with E-state index < -0.39 is 24.5 Å². The van der Waals surface area contributed by atoms with Crippen LogP contribution < -0.4 is 10.1 Å². The Balaban J connectivity index is 2.83. The number of rotatable bonds is 7. The van der Waals surface area contributed by atoms with Gasteiger partial charge in [-0.15, -0.1) is 0 Å². The molecular weight excluding hydrogens is 296 g/mol. The molecule has 0 radical (unpaired) electrons. The fraction of sp³-hybridized carbons (Fsp3) is 0.467. The molecule has 1 N–H and O–H groups in total. The van der Waals surface area contributed by atoms with Gasteiger partial charge in [-0.05, 0) is 30.5 Å². The molecule has 1 atom stereocenters. The molecule has 1 amide bonds. The normalized spacial score (nSPS) is 12.1. The predicted octanol–water partition coefficient (Wildman–Crippen LogP) is 2.61. The molecule has 1 aromatic carbocycles. The monoisotopic (exact) mass is 315 g/mol. The summed E-state index contributed by atoms with van der Waals surface area (Å²) in [7, 11) is 1.24. The Hall–Kier alpha value is -2.18. The van der Waals surface area contributed by atoms with Crippen LogP contribution in [0.3, 0.4) is 0 Å². The zero-order valence-electron chi connectivity index (χ0n) is 12.6. The van der Waals surface area contributed by atoms with Gasteiger partial charge in [0.2, 0.25) is 0 Å². The van der Waals surface area contributed by atoms with E-state index in [1.807, 2.05) is 13.8 Å². The molecule has 122 valence electrons. The minimum absolute atomic E-state index is 0.121. The molecule has 1 aromatic rings. The highest BCUT2D eigenvalue weighted by Gasteiger charge is 2.23. The van der Waals surface area contributed by atoms with Crippen molar-refractivity contribution in [1.82, 2.24) is 5.32 Å². The first-order chi connectivity index (χ1) is 10.3. The Kier molecular flexibility index (Phi) is 6.75. The molecule has 0 fully saturated rings. The Morgan fingerprint density at radius 2 is 1.95 bits per heavy atom. The first-order valence-corrected chi connectivity index (χ1v) is 6.77. The van der Waals surface area contributed by atoms with Gasteiger partial charge < -0.3 is 14.8 Å². The number of halogens is 2. The maximum Gasteiger partial charge on any atom is 0.387 e. The fourth-order valence-electron chi connectivity index (χ4n) is 1.88. The zero-order chi connectivity index (χ0) is 16.7. The Bertz CT molecular complexity index is 520. The lowest BCUT2D eigenvalue weighted by molar-refractivity contribution is -0.143. The van der Waals surface area contributed by atoms with Crippen LogP contribution in [0.2, 0.25) is 0 Å². The molecule has 0 aliphatic heterocycles. The minimum Gasteiger partial charge on any atom is -0.467 e. The number of methoxy groups -OCH3 is 1. The van der Waals surface area contributed by atoms with E-state index in [0.29, 0.717) is 6.42 Å². The van der Waals surface area contributed by atoms with Gasteiger partial charge in [-0.3, -0.25) is 4.79 Å². The quantitative estimate of drug-likeness (QED) is 0.786. The van der Waals surface area contributed by atoms with E-state index in [4.69, 9.17) is 0 Å². The lowest BCUT2D eigenvalue weighted by Crippen LogP contribution is -2.42. The number of carbonyl (C=O) groups excluding carboxylic acids is 2. The number of ether oxygens (including phenoxy) is 2. The Labute approximate surface area is 127 Å². The summed E-state index contributed by atoms with van der Waals surface area (Å²) in [5.74, 6) is -1.07. The standard InChI is InChI=1S/C15H19F2NO4/c1-9(2)7-12(14(20)21-3)18-13(19)10-5-4-6-11(8-10)22-15(16)17/h4-6,8-9,12,15H,7H2,1-3H3,(H,18,19). The Morgan fingerprint density at radius 3 is 2.50 bits per heavy atom. The maximum atomic E-state index is 12.2. The van der Waals surface area contributed by atoms with Crippen LogP contribution in [0.5, 0.6) is 5.75 Å².